The first kappa shape index (κ1) is 20.5. The summed E-state index contributed by atoms with van der Waals surface area (Å²) in [4.78, 5) is 12.1. The van der Waals surface area contributed by atoms with Crippen molar-refractivity contribution in [1.29, 1.82) is 0 Å². The molecule has 0 aliphatic rings. The molecule has 0 aliphatic heterocycles. The maximum atomic E-state index is 12.1. The number of carbonyl (C=O) groups excluding carboxylic acids is 1. The van der Waals surface area contributed by atoms with E-state index in [1.54, 1.807) is 26.4 Å². The number of hydrazine groups is 1. The lowest BCUT2D eigenvalue weighted by Gasteiger charge is -2.13. The van der Waals surface area contributed by atoms with E-state index in [9.17, 15) is 4.79 Å². The number of nitrogens with one attached hydrogen (secondary N) is 3. The number of benzene rings is 2. The molecule has 0 aliphatic carbocycles. The van der Waals surface area contributed by atoms with E-state index in [1.165, 1.54) is 5.56 Å². The van der Waals surface area contributed by atoms with Gasteiger partial charge in [0.05, 0.1) is 20.6 Å². The third kappa shape index (κ3) is 6.14. The van der Waals surface area contributed by atoms with Gasteiger partial charge in [0, 0.05) is 5.69 Å². The number of anilines is 1. The fourth-order valence-electron chi connectivity index (χ4n) is 2.46. The van der Waals surface area contributed by atoms with E-state index < -0.39 is 0 Å². The fraction of sp³-hybridized carbons (Fsp3) is 0.300. The molecule has 0 radical (unpaired) electrons. The number of ether oxygens (including phenoxy) is 2. The van der Waals surface area contributed by atoms with Crippen LogP contribution in [0.2, 0.25) is 0 Å². The normalized spacial score (nSPS) is 10.3. The highest BCUT2D eigenvalue weighted by Gasteiger charge is 2.09. The van der Waals surface area contributed by atoms with Crippen LogP contribution in [0.15, 0.2) is 42.5 Å². The molecule has 0 saturated heterocycles. The van der Waals surface area contributed by atoms with Crippen LogP contribution in [0.4, 0.5) is 5.69 Å². The van der Waals surface area contributed by atoms with Crippen LogP contribution >= 0.6 is 12.2 Å². The lowest BCUT2D eigenvalue weighted by atomic mass is 10.0. The largest absolute Gasteiger partial charge is 0.493 e. The molecule has 27 heavy (non-hydrogen) atoms. The van der Waals surface area contributed by atoms with Crippen molar-refractivity contribution in [3.05, 3.63) is 53.6 Å². The Balaban J connectivity index is 1.83. The first-order chi connectivity index (χ1) is 12.9. The number of hydrogen-bond donors (Lipinski definition) is 3. The Hall–Kier alpha value is -2.80. The minimum atomic E-state index is -0.221. The molecule has 2 aromatic carbocycles. The SMILES string of the molecule is COc1ccc(CC(=O)NNC(=S)Nc2ccc(C(C)C)cc2)cc1OC. The molecular formula is C20H25N3O3S. The summed E-state index contributed by atoms with van der Waals surface area (Å²) < 4.78 is 10.4. The van der Waals surface area contributed by atoms with E-state index in [0.717, 1.165) is 11.3 Å². The number of carbonyl (C=O) groups is 1. The van der Waals surface area contributed by atoms with Crippen molar-refractivity contribution in [3.63, 3.8) is 0 Å². The lowest BCUT2D eigenvalue weighted by molar-refractivity contribution is -0.120. The van der Waals surface area contributed by atoms with Crippen molar-refractivity contribution in [2.24, 2.45) is 0 Å². The zero-order valence-electron chi connectivity index (χ0n) is 16.0. The van der Waals surface area contributed by atoms with E-state index in [4.69, 9.17) is 21.7 Å². The van der Waals surface area contributed by atoms with Gasteiger partial charge in [-0.3, -0.25) is 15.6 Å². The number of thiocarbonyl (C=S) groups is 1. The van der Waals surface area contributed by atoms with Gasteiger partial charge in [-0.1, -0.05) is 32.0 Å². The molecule has 2 rings (SSSR count). The van der Waals surface area contributed by atoms with Gasteiger partial charge in [0.2, 0.25) is 5.91 Å². The van der Waals surface area contributed by atoms with Gasteiger partial charge in [-0.15, -0.1) is 0 Å². The molecule has 0 saturated carbocycles. The average molecular weight is 388 g/mol. The summed E-state index contributed by atoms with van der Waals surface area (Å²) in [6, 6.07) is 13.3. The molecule has 1 amide bonds. The third-order valence-electron chi connectivity index (χ3n) is 3.96. The molecule has 0 bridgehead atoms. The van der Waals surface area contributed by atoms with Crippen LogP contribution in [0.25, 0.3) is 0 Å². The van der Waals surface area contributed by atoms with E-state index in [2.05, 4.69) is 30.0 Å². The molecule has 144 valence electrons. The van der Waals surface area contributed by atoms with Crippen molar-refractivity contribution in [2.45, 2.75) is 26.2 Å². The van der Waals surface area contributed by atoms with Crippen LogP contribution in [0, 0.1) is 0 Å². The predicted octanol–water partition coefficient (Wildman–Crippen LogP) is 3.39. The predicted molar refractivity (Wildman–Crippen MR) is 111 cm³/mol. The summed E-state index contributed by atoms with van der Waals surface area (Å²) in [6.07, 6.45) is 0.180. The van der Waals surface area contributed by atoms with Gasteiger partial charge in [0.15, 0.2) is 16.6 Å². The highest BCUT2D eigenvalue weighted by atomic mass is 32.1. The molecule has 0 fully saturated rings. The lowest BCUT2D eigenvalue weighted by Crippen LogP contribution is -2.44. The number of amides is 1. The number of rotatable bonds is 6. The maximum Gasteiger partial charge on any atom is 0.242 e. The minimum Gasteiger partial charge on any atom is -0.493 e. The second-order valence-corrected chi connectivity index (χ2v) is 6.68. The second kappa shape index (κ2) is 9.78. The van der Waals surface area contributed by atoms with Crippen LogP contribution < -0.4 is 25.6 Å². The van der Waals surface area contributed by atoms with Gasteiger partial charge in [-0.25, -0.2) is 0 Å². The Kier molecular flexibility index (Phi) is 7.43. The van der Waals surface area contributed by atoms with Crippen LogP contribution in [0.5, 0.6) is 11.5 Å². The van der Waals surface area contributed by atoms with Crippen molar-refractivity contribution < 1.29 is 14.3 Å². The van der Waals surface area contributed by atoms with Crippen LogP contribution in [0.3, 0.4) is 0 Å². The zero-order chi connectivity index (χ0) is 19.8. The summed E-state index contributed by atoms with van der Waals surface area (Å²) >= 11 is 5.20. The van der Waals surface area contributed by atoms with E-state index in [0.29, 0.717) is 22.5 Å². The Morgan fingerprint density at radius 3 is 2.26 bits per heavy atom. The number of hydrogen-bond acceptors (Lipinski definition) is 4. The van der Waals surface area contributed by atoms with Crippen LogP contribution in [-0.2, 0) is 11.2 Å². The Morgan fingerprint density at radius 2 is 1.67 bits per heavy atom. The molecule has 0 unspecified atom stereocenters. The van der Waals surface area contributed by atoms with E-state index in [-0.39, 0.29) is 12.3 Å². The van der Waals surface area contributed by atoms with Crippen LogP contribution in [0.1, 0.15) is 30.9 Å². The smallest absolute Gasteiger partial charge is 0.242 e. The average Bonchev–Trinajstić information content (AvgIpc) is 2.66. The summed E-state index contributed by atoms with van der Waals surface area (Å²) in [6.45, 7) is 4.28. The second-order valence-electron chi connectivity index (χ2n) is 6.27. The molecular weight excluding hydrogens is 362 g/mol. The van der Waals surface area contributed by atoms with Gasteiger partial charge in [-0.2, -0.15) is 0 Å². The summed E-state index contributed by atoms with van der Waals surface area (Å²) in [5, 5.41) is 3.34. The van der Waals surface area contributed by atoms with Crippen molar-refractivity contribution in [1.82, 2.24) is 10.9 Å². The van der Waals surface area contributed by atoms with Crippen molar-refractivity contribution in [3.8, 4) is 11.5 Å². The first-order valence-corrected chi connectivity index (χ1v) is 9.00. The van der Waals surface area contributed by atoms with Gasteiger partial charge in [-0.05, 0) is 53.5 Å². The monoisotopic (exact) mass is 387 g/mol. The molecule has 0 atom stereocenters. The molecule has 2 aromatic rings. The summed E-state index contributed by atoms with van der Waals surface area (Å²) in [5.41, 5.74) is 8.19. The Morgan fingerprint density at radius 1 is 1.00 bits per heavy atom. The standard InChI is InChI=1S/C20H25N3O3S/c1-13(2)15-6-8-16(9-7-15)21-20(27)23-22-19(24)12-14-5-10-17(25-3)18(11-14)26-4/h5-11,13H,12H2,1-4H3,(H,22,24)(H2,21,23,27). The molecule has 0 heterocycles. The molecule has 6 nitrogen and oxygen atoms in total. The number of methoxy groups -OCH3 is 2. The van der Waals surface area contributed by atoms with Crippen LogP contribution in [-0.4, -0.2) is 25.2 Å². The highest BCUT2D eigenvalue weighted by molar-refractivity contribution is 7.80. The Bertz CT molecular complexity index is 792. The fourth-order valence-corrected chi connectivity index (χ4v) is 2.63. The molecule has 3 N–H and O–H groups in total. The van der Waals surface area contributed by atoms with Crippen molar-refractivity contribution >= 4 is 28.9 Å². The summed E-state index contributed by atoms with van der Waals surface area (Å²) in [5.74, 6) is 1.45. The van der Waals surface area contributed by atoms with Gasteiger partial charge < -0.3 is 14.8 Å². The molecule has 0 spiro atoms. The van der Waals surface area contributed by atoms with E-state index in [1.807, 2.05) is 30.3 Å². The maximum absolute atomic E-state index is 12.1. The zero-order valence-corrected chi connectivity index (χ0v) is 16.8. The van der Waals surface area contributed by atoms with Gasteiger partial charge in [0.1, 0.15) is 0 Å². The quantitative estimate of drug-likeness (QED) is 0.521. The molecule has 7 heteroatoms. The van der Waals surface area contributed by atoms with Crippen molar-refractivity contribution in [2.75, 3.05) is 19.5 Å². The molecule has 0 aromatic heterocycles. The third-order valence-corrected chi connectivity index (χ3v) is 4.17. The van der Waals surface area contributed by atoms with E-state index >= 15 is 0 Å². The summed E-state index contributed by atoms with van der Waals surface area (Å²) in [7, 11) is 3.12. The van der Waals surface area contributed by atoms with Gasteiger partial charge >= 0.3 is 0 Å². The Labute approximate surface area is 165 Å². The first-order valence-electron chi connectivity index (χ1n) is 8.59. The minimum absolute atomic E-state index is 0.180. The highest BCUT2D eigenvalue weighted by Crippen LogP contribution is 2.27. The topological polar surface area (TPSA) is 71.6 Å². The van der Waals surface area contributed by atoms with Gasteiger partial charge in [0.25, 0.3) is 0 Å².